The van der Waals surface area contributed by atoms with E-state index in [0.29, 0.717) is 18.0 Å². The third kappa shape index (κ3) is 4.02. The van der Waals surface area contributed by atoms with E-state index in [-0.39, 0.29) is 0 Å². The van der Waals surface area contributed by atoms with Gasteiger partial charge in [0.25, 0.3) is 0 Å². The summed E-state index contributed by atoms with van der Waals surface area (Å²) in [5.41, 5.74) is 6.49. The molecule has 0 heterocycles. The van der Waals surface area contributed by atoms with Crippen molar-refractivity contribution in [2.24, 2.45) is 0 Å². The van der Waals surface area contributed by atoms with Gasteiger partial charge >= 0.3 is 0 Å². The van der Waals surface area contributed by atoms with Crippen LogP contribution >= 0.6 is 22.6 Å². The Kier molecular flexibility index (Phi) is 4.90. The van der Waals surface area contributed by atoms with Crippen LogP contribution < -0.4 is 15.2 Å². The van der Waals surface area contributed by atoms with Gasteiger partial charge in [-0.05, 0) is 59.3 Å². The van der Waals surface area contributed by atoms with Crippen molar-refractivity contribution in [1.82, 2.24) is 0 Å². The molecule has 0 fully saturated rings. The Morgan fingerprint density at radius 1 is 1.11 bits per heavy atom. The van der Waals surface area contributed by atoms with Crippen molar-refractivity contribution in [3.05, 3.63) is 46.0 Å². The molecule has 3 nitrogen and oxygen atoms in total. The molecule has 0 radical (unpaired) electrons. The molecule has 0 aliphatic heterocycles. The molecule has 0 aromatic heterocycles. The number of halogens is 1. The highest BCUT2D eigenvalue weighted by Crippen LogP contribution is 2.30. The van der Waals surface area contributed by atoms with Crippen LogP contribution in [0.5, 0.6) is 17.2 Å². The maximum Gasteiger partial charge on any atom is 0.145 e. The molecule has 2 rings (SSSR count). The van der Waals surface area contributed by atoms with Crippen molar-refractivity contribution in [2.45, 2.75) is 13.3 Å². The molecule has 4 heteroatoms. The van der Waals surface area contributed by atoms with E-state index < -0.39 is 0 Å². The number of nitrogen functional groups attached to an aromatic ring is 1. The summed E-state index contributed by atoms with van der Waals surface area (Å²) >= 11 is 2.25. The number of nitrogens with two attached hydrogens (primary N) is 1. The quantitative estimate of drug-likeness (QED) is 0.626. The minimum absolute atomic E-state index is 0.628. The lowest BCUT2D eigenvalue weighted by molar-refractivity contribution is 0.317. The second-order valence-corrected chi connectivity index (χ2v) is 5.35. The number of hydrogen-bond acceptors (Lipinski definition) is 3. The molecule has 0 aliphatic rings. The maximum atomic E-state index is 5.87. The number of hydrogen-bond donors (Lipinski definition) is 1. The zero-order valence-electron chi connectivity index (χ0n) is 10.7. The van der Waals surface area contributed by atoms with E-state index in [1.807, 2.05) is 36.4 Å². The van der Waals surface area contributed by atoms with E-state index in [2.05, 4.69) is 29.5 Å². The molecule has 0 amide bonds. The molecule has 0 bridgehead atoms. The minimum atomic E-state index is 0.628. The number of rotatable bonds is 5. The van der Waals surface area contributed by atoms with Gasteiger partial charge in [0.2, 0.25) is 0 Å². The number of anilines is 1. The fraction of sp³-hybridized carbons (Fsp3) is 0.200. The molecule has 0 spiro atoms. The van der Waals surface area contributed by atoms with Crippen molar-refractivity contribution in [3.63, 3.8) is 0 Å². The van der Waals surface area contributed by atoms with Crippen LogP contribution in [0.2, 0.25) is 0 Å². The van der Waals surface area contributed by atoms with Gasteiger partial charge in [-0.25, -0.2) is 0 Å². The van der Waals surface area contributed by atoms with Crippen LogP contribution in [0, 0.1) is 3.57 Å². The van der Waals surface area contributed by atoms with Crippen LogP contribution in [-0.2, 0) is 0 Å². The van der Waals surface area contributed by atoms with Crippen molar-refractivity contribution in [1.29, 1.82) is 0 Å². The fourth-order valence-electron chi connectivity index (χ4n) is 1.58. The average molecular weight is 369 g/mol. The van der Waals surface area contributed by atoms with E-state index in [4.69, 9.17) is 15.2 Å². The van der Waals surface area contributed by atoms with Crippen LogP contribution in [0.4, 0.5) is 5.69 Å². The predicted molar refractivity (Wildman–Crippen MR) is 85.9 cm³/mol. The summed E-state index contributed by atoms with van der Waals surface area (Å²) in [6, 6.07) is 13.3. The summed E-state index contributed by atoms with van der Waals surface area (Å²) in [4.78, 5) is 0. The summed E-state index contributed by atoms with van der Waals surface area (Å²) in [7, 11) is 0. The summed E-state index contributed by atoms with van der Waals surface area (Å²) in [6.45, 7) is 2.71. The van der Waals surface area contributed by atoms with Gasteiger partial charge in [0, 0.05) is 9.64 Å². The van der Waals surface area contributed by atoms with E-state index in [1.54, 1.807) is 6.07 Å². The van der Waals surface area contributed by atoms with Gasteiger partial charge in [0.05, 0.1) is 12.3 Å². The van der Waals surface area contributed by atoms with Crippen LogP contribution in [0.1, 0.15) is 13.3 Å². The molecule has 2 aromatic carbocycles. The Hall–Kier alpha value is -1.43. The topological polar surface area (TPSA) is 44.5 Å². The monoisotopic (exact) mass is 369 g/mol. The maximum absolute atomic E-state index is 5.87. The normalized spacial score (nSPS) is 10.2. The third-order valence-corrected chi connectivity index (χ3v) is 3.15. The predicted octanol–water partition coefficient (Wildman–Crippen LogP) is 4.45. The van der Waals surface area contributed by atoms with Crippen LogP contribution in [0.25, 0.3) is 0 Å². The molecular weight excluding hydrogens is 353 g/mol. The number of ether oxygens (including phenoxy) is 2. The van der Waals surface area contributed by atoms with E-state index in [1.165, 1.54) is 0 Å². The van der Waals surface area contributed by atoms with Crippen molar-refractivity contribution >= 4 is 28.3 Å². The SMILES string of the molecule is CCCOc1cc(Oc2cccc(I)c2)ccc1N. The molecule has 2 N–H and O–H groups in total. The summed E-state index contributed by atoms with van der Waals surface area (Å²) in [6.07, 6.45) is 0.946. The van der Waals surface area contributed by atoms with E-state index >= 15 is 0 Å². The van der Waals surface area contributed by atoms with Crippen LogP contribution in [0.15, 0.2) is 42.5 Å². The molecule has 0 saturated heterocycles. The molecule has 19 heavy (non-hydrogen) atoms. The Morgan fingerprint density at radius 2 is 1.89 bits per heavy atom. The Labute approximate surface area is 126 Å². The highest BCUT2D eigenvalue weighted by molar-refractivity contribution is 14.1. The van der Waals surface area contributed by atoms with Gasteiger partial charge in [-0.15, -0.1) is 0 Å². The molecule has 0 aliphatic carbocycles. The second-order valence-electron chi connectivity index (χ2n) is 4.11. The molecule has 0 saturated carbocycles. The lowest BCUT2D eigenvalue weighted by Crippen LogP contribution is -1.99. The van der Waals surface area contributed by atoms with Crippen LogP contribution in [-0.4, -0.2) is 6.61 Å². The Bertz CT molecular complexity index is 558. The van der Waals surface area contributed by atoms with Gasteiger partial charge in [0.15, 0.2) is 0 Å². The van der Waals surface area contributed by atoms with E-state index in [9.17, 15) is 0 Å². The molecule has 2 aromatic rings. The molecule has 0 atom stereocenters. The standard InChI is InChI=1S/C15H16INO2/c1-2-8-18-15-10-13(6-7-14(15)17)19-12-5-3-4-11(16)9-12/h3-7,9-10H,2,8,17H2,1H3. The first-order valence-electron chi connectivity index (χ1n) is 6.15. The van der Waals surface area contributed by atoms with Crippen molar-refractivity contribution < 1.29 is 9.47 Å². The number of benzene rings is 2. The second kappa shape index (κ2) is 6.65. The third-order valence-electron chi connectivity index (χ3n) is 2.48. The van der Waals surface area contributed by atoms with Gasteiger partial charge in [0.1, 0.15) is 17.2 Å². The lowest BCUT2D eigenvalue weighted by atomic mass is 10.2. The largest absolute Gasteiger partial charge is 0.491 e. The van der Waals surface area contributed by atoms with E-state index in [0.717, 1.165) is 21.5 Å². The summed E-state index contributed by atoms with van der Waals surface area (Å²) in [5, 5.41) is 0. The highest BCUT2D eigenvalue weighted by Gasteiger charge is 2.04. The Morgan fingerprint density at radius 3 is 2.63 bits per heavy atom. The Balaban J connectivity index is 2.16. The zero-order chi connectivity index (χ0) is 13.7. The fourth-order valence-corrected chi connectivity index (χ4v) is 2.10. The summed E-state index contributed by atoms with van der Waals surface area (Å²) < 4.78 is 12.5. The molecule has 0 unspecified atom stereocenters. The van der Waals surface area contributed by atoms with Gasteiger partial charge in [-0.1, -0.05) is 13.0 Å². The first-order chi connectivity index (χ1) is 9.19. The lowest BCUT2D eigenvalue weighted by Gasteiger charge is -2.11. The first kappa shape index (κ1) is 14.0. The van der Waals surface area contributed by atoms with Gasteiger partial charge in [-0.3, -0.25) is 0 Å². The smallest absolute Gasteiger partial charge is 0.145 e. The van der Waals surface area contributed by atoms with Crippen molar-refractivity contribution in [2.75, 3.05) is 12.3 Å². The molecule has 100 valence electrons. The minimum Gasteiger partial charge on any atom is -0.491 e. The van der Waals surface area contributed by atoms with Gasteiger partial charge in [-0.2, -0.15) is 0 Å². The van der Waals surface area contributed by atoms with Crippen molar-refractivity contribution in [3.8, 4) is 17.2 Å². The van der Waals surface area contributed by atoms with Crippen LogP contribution in [0.3, 0.4) is 0 Å². The average Bonchev–Trinajstić information content (AvgIpc) is 2.39. The van der Waals surface area contributed by atoms with Gasteiger partial charge < -0.3 is 15.2 Å². The highest BCUT2D eigenvalue weighted by atomic mass is 127. The summed E-state index contributed by atoms with van der Waals surface area (Å²) in [5.74, 6) is 2.20. The molecular formula is C15H16INO2. The first-order valence-corrected chi connectivity index (χ1v) is 7.22. The zero-order valence-corrected chi connectivity index (χ0v) is 12.9.